The molecule has 0 spiro atoms. The van der Waals surface area contributed by atoms with Crippen LogP contribution in [0, 0.1) is 0 Å². The Labute approximate surface area is 349 Å². The molecule has 4 atom stereocenters. The van der Waals surface area contributed by atoms with Gasteiger partial charge in [0.15, 0.2) is 5.82 Å². The van der Waals surface area contributed by atoms with E-state index in [-0.39, 0.29) is 23.9 Å². The van der Waals surface area contributed by atoms with E-state index in [9.17, 15) is 19.5 Å². The number of benzene rings is 3. The highest BCUT2D eigenvalue weighted by atomic mass is 16.4. The van der Waals surface area contributed by atoms with Crippen LogP contribution < -0.4 is 0 Å². The summed E-state index contributed by atoms with van der Waals surface area (Å²) in [7, 11) is 3.04. The Hall–Kier alpha value is -6.67. The third-order valence-corrected chi connectivity index (χ3v) is 11.9. The number of hydrogen-bond donors (Lipinski definition) is 3. The van der Waals surface area contributed by atoms with E-state index in [1.807, 2.05) is 60.4 Å². The van der Waals surface area contributed by atoms with E-state index >= 15 is 0 Å². The maximum absolute atomic E-state index is 14.3. The maximum Gasteiger partial charge on any atom is 0.407 e. The summed E-state index contributed by atoms with van der Waals surface area (Å²) in [5.74, 6) is 1.69. The SMILES string of the molecule is C[C@@H](c1ncc(-c2ccc(-c3ncc(-c4cnc([C@@H]5CCCN5C(=O)[C@@H](c5ccccc5)N5CCCCC5)[nH]4)cn3)cc2)[nH]1)N(C)C(=O)[C@@H](c1ccccc1)N(C)C(=O)O. The minimum atomic E-state index is -1.20. The van der Waals surface area contributed by atoms with Crippen LogP contribution in [0.3, 0.4) is 0 Å². The van der Waals surface area contributed by atoms with Crippen molar-refractivity contribution < 1.29 is 19.5 Å². The Bertz CT molecular complexity index is 2400. The predicted molar refractivity (Wildman–Crippen MR) is 227 cm³/mol. The van der Waals surface area contributed by atoms with E-state index in [4.69, 9.17) is 4.98 Å². The first kappa shape index (κ1) is 40.1. The summed E-state index contributed by atoms with van der Waals surface area (Å²) < 4.78 is 0. The third kappa shape index (κ3) is 8.28. The summed E-state index contributed by atoms with van der Waals surface area (Å²) >= 11 is 0. The van der Waals surface area contributed by atoms with Crippen molar-refractivity contribution in [2.45, 2.75) is 63.2 Å². The van der Waals surface area contributed by atoms with Gasteiger partial charge in [-0.05, 0) is 62.4 Å². The quantitative estimate of drug-likeness (QED) is 0.112. The fourth-order valence-corrected chi connectivity index (χ4v) is 8.40. The number of carbonyl (C=O) groups is 3. The van der Waals surface area contributed by atoms with Gasteiger partial charge in [0.25, 0.3) is 0 Å². The van der Waals surface area contributed by atoms with Crippen LogP contribution in [0.15, 0.2) is 110 Å². The number of carboxylic acid groups (broad SMARTS) is 1. The molecule has 2 aliphatic rings. The number of hydrogen-bond acceptors (Lipinski definition) is 8. The number of imidazole rings is 2. The summed E-state index contributed by atoms with van der Waals surface area (Å²) in [6, 6.07) is 25.0. The number of rotatable bonds is 12. The van der Waals surface area contributed by atoms with Gasteiger partial charge in [-0.15, -0.1) is 0 Å². The number of nitrogens with zero attached hydrogens (tertiary/aromatic N) is 8. The lowest BCUT2D eigenvalue weighted by atomic mass is 10.00. The molecule has 6 aromatic rings. The Morgan fingerprint density at radius 3 is 1.97 bits per heavy atom. The molecule has 0 aliphatic carbocycles. The molecule has 2 saturated heterocycles. The Balaban J connectivity index is 0.924. The smallest absolute Gasteiger partial charge is 0.407 e. The van der Waals surface area contributed by atoms with Crippen LogP contribution in [0.1, 0.15) is 86.0 Å². The van der Waals surface area contributed by atoms with Gasteiger partial charge in [-0.25, -0.2) is 24.7 Å². The fraction of sp³-hybridized carbons (Fsp3) is 0.326. The maximum atomic E-state index is 14.3. The largest absolute Gasteiger partial charge is 0.465 e. The number of nitrogens with one attached hydrogen (secondary N) is 2. The van der Waals surface area contributed by atoms with Crippen LogP contribution in [0.5, 0.6) is 0 Å². The van der Waals surface area contributed by atoms with E-state index in [1.54, 1.807) is 56.1 Å². The van der Waals surface area contributed by atoms with Gasteiger partial charge in [0, 0.05) is 44.2 Å². The van der Waals surface area contributed by atoms with E-state index in [1.165, 1.54) is 18.4 Å². The summed E-state index contributed by atoms with van der Waals surface area (Å²) in [4.78, 5) is 72.4. The number of likely N-dealkylation sites (N-methyl/N-ethyl adjacent to an activating group) is 2. The first-order valence-electron chi connectivity index (χ1n) is 20.6. The highest BCUT2D eigenvalue weighted by molar-refractivity contribution is 5.87. The van der Waals surface area contributed by atoms with Gasteiger partial charge in [0.05, 0.1) is 35.9 Å². The zero-order valence-electron chi connectivity index (χ0n) is 34.1. The van der Waals surface area contributed by atoms with Gasteiger partial charge < -0.3 is 24.9 Å². The zero-order chi connectivity index (χ0) is 41.8. The molecule has 14 nitrogen and oxygen atoms in total. The zero-order valence-corrected chi connectivity index (χ0v) is 34.1. The second-order valence-electron chi connectivity index (χ2n) is 15.7. The molecule has 0 saturated carbocycles. The molecule has 0 unspecified atom stereocenters. The minimum absolute atomic E-state index is 0.128. The summed E-state index contributed by atoms with van der Waals surface area (Å²) in [6.07, 6.45) is 11.1. The molecule has 60 heavy (non-hydrogen) atoms. The molecular weight excluding hydrogens is 757 g/mol. The Morgan fingerprint density at radius 2 is 1.30 bits per heavy atom. The molecule has 3 amide bonds. The number of likely N-dealkylation sites (tertiary alicyclic amines) is 2. The second kappa shape index (κ2) is 17.7. The molecule has 0 bridgehead atoms. The first-order chi connectivity index (χ1) is 29.2. The Kier molecular flexibility index (Phi) is 11.8. The van der Waals surface area contributed by atoms with E-state index in [0.717, 1.165) is 83.1 Å². The predicted octanol–water partition coefficient (Wildman–Crippen LogP) is 7.69. The number of aromatic amines is 2. The minimum Gasteiger partial charge on any atom is -0.465 e. The molecule has 0 radical (unpaired) electrons. The van der Waals surface area contributed by atoms with Gasteiger partial charge in [0.2, 0.25) is 11.8 Å². The molecule has 3 aromatic carbocycles. The van der Waals surface area contributed by atoms with Crippen molar-refractivity contribution in [1.29, 1.82) is 0 Å². The van der Waals surface area contributed by atoms with E-state index in [2.05, 4.69) is 42.0 Å². The number of H-pyrrole nitrogens is 2. The van der Waals surface area contributed by atoms with E-state index in [0.29, 0.717) is 23.8 Å². The van der Waals surface area contributed by atoms with E-state index < -0.39 is 18.2 Å². The molecule has 308 valence electrons. The summed E-state index contributed by atoms with van der Waals surface area (Å²) in [5, 5.41) is 9.72. The fourth-order valence-electron chi connectivity index (χ4n) is 8.40. The molecular formula is C46H50N10O4. The first-order valence-corrected chi connectivity index (χ1v) is 20.6. The monoisotopic (exact) mass is 806 g/mol. The lowest BCUT2D eigenvalue weighted by Crippen LogP contribution is -2.44. The number of aromatic nitrogens is 6. The molecule has 2 fully saturated rings. The van der Waals surface area contributed by atoms with Crippen LogP contribution >= 0.6 is 0 Å². The highest BCUT2D eigenvalue weighted by Gasteiger charge is 2.39. The van der Waals surface area contributed by atoms with Crippen molar-refractivity contribution in [1.82, 2.24) is 49.5 Å². The van der Waals surface area contributed by atoms with Gasteiger partial charge in [-0.1, -0.05) is 91.3 Å². The van der Waals surface area contributed by atoms with Crippen LogP contribution in [0.25, 0.3) is 33.9 Å². The topological polar surface area (TPSA) is 168 Å². The average Bonchev–Trinajstić information content (AvgIpc) is 4.10. The standard InChI is InChI=1S/C46H50N10O4/c1-30(53(2)44(57)39(54(3)46(59)60)32-14-7-4-8-15-32)41-49-28-36(51-41)31-19-21-34(22-20-31)42-47-26-35(27-48-42)37-29-50-43(52-37)38-18-13-25-56(38)45(58)40(33-16-9-5-10-17-33)55-23-11-6-12-24-55/h4-5,7-10,14-17,19-22,26-30,38-40H,6,11-13,18,23-25H2,1-3H3,(H,49,51)(H,50,52)(H,59,60)/t30-,38-,39+,40+/m0/s1. The number of piperidine rings is 1. The van der Waals surface area contributed by atoms with Crippen LogP contribution in [-0.4, -0.2) is 106 Å². The molecule has 8 rings (SSSR count). The number of amides is 3. The van der Waals surface area contributed by atoms with Crippen molar-refractivity contribution >= 4 is 17.9 Å². The summed E-state index contributed by atoms with van der Waals surface area (Å²) in [6.45, 7) is 4.41. The molecule has 3 aromatic heterocycles. The molecule has 5 heterocycles. The lowest BCUT2D eigenvalue weighted by Gasteiger charge is -2.37. The normalized spacial score (nSPS) is 17.2. The van der Waals surface area contributed by atoms with Crippen molar-refractivity contribution in [3.63, 3.8) is 0 Å². The lowest BCUT2D eigenvalue weighted by molar-refractivity contribution is -0.139. The molecule has 3 N–H and O–H groups in total. The second-order valence-corrected chi connectivity index (χ2v) is 15.7. The van der Waals surface area contributed by atoms with Crippen LogP contribution in [0.4, 0.5) is 4.79 Å². The van der Waals surface area contributed by atoms with Crippen LogP contribution in [0.2, 0.25) is 0 Å². The molecule has 2 aliphatic heterocycles. The van der Waals surface area contributed by atoms with Crippen LogP contribution in [-0.2, 0) is 9.59 Å². The van der Waals surface area contributed by atoms with Crippen molar-refractivity contribution in [3.05, 3.63) is 132 Å². The van der Waals surface area contributed by atoms with Crippen molar-refractivity contribution in [3.8, 4) is 33.9 Å². The Morgan fingerprint density at radius 1 is 0.683 bits per heavy atom. The highest BCUT2D eigenvalue weighted by Crippen LogP contribution is 2.36. The van der Waals surface area contributed by atoms with Gasteiger partial charge in [-0.3, -0.25) is 19.4 Å². The van der Waals surface area contributed by atoms with Crippen molar-refractivity contribution in [2.24, 2.45) is 0 Å². The van der Waals surface area contributed by atoms with Gasteiger partial charge in [-0.2, -0.15) is 0 Å². The average molecular weight is 807 g/mol. The third-order valence-electron chi connectivity index (χ3n) is 11.9. The van der Waals surface area contributed by atoms with Gasteiger partial charge in [0.1, 0.15) is 23.7 Å². The summed E-state index contributed by atoms with van der Waals surface area (Å²) in [5.41, 5.74) is 5.71. The van der Waals surface area contributed by atoms with Crippen molar-refractivity contribution in [2.75, 3.05) is 33.7 Å². The van der Waals surface area contributed by atoms with Gasteiger partial charge >= 0.3 is 6.09 Å². The number of carbonyl (C=O) groups excluding carboxylic acids is 2. The molecule has 14 heteroatoms.